The molecule has 6 heteroatoms. The second-order valence-corrected chi connectivity index (χ2v) is 3.94. The van der Waals surface area contributed by atoms with E-state index in [0.717, 1.165) is 10.7 Å². The van der Waals surface area contributed by atoms with Crippen LogP contribution in [0.25, 0.3) is 4.96 Å². The zero-order valence-electron chi connectivity index (χ0n) is 6.89. The first kappa shape index (κ1) is 8.71. The van der Waals surface area contributed by atoms with Crippen molar-refractivity contribution < 1.29 is 0 Å². The highest BCUT2D eigenvalue weighted by Gasteiger charge is 2.05. The number of aromatic nitrogens is 3. The highest BCUT2D eigenvalue weighted by Crippen LogP contribution is 2.12. The molecule has 0 N–H and O–H groups in total. The first-order chi connectivity index (χ1) is 6.20. The average molecular weight is 213 g/mol. The smallest absolute Gasteiger partial charge is 0.267 e. The van der Waals surface area contributed by atoms with Gasteiger partial charge in [-0.2, -0.15) is 22.2 Å². The van der Waals surface area contributed by atoms with E-state index in [2.05, 4.69) is 22.7 Å². The number of hydrogen-bond donors (Lipinski definition) is 1. The molecule has 0 aliphatic carbocycles. The minimum absolute atomic E-state index is 0.133. The lowest BCUT2D eigenvalue weighted by Crippen LogP contribution is -2.14. The number of fused-ring (bicyclic) bond motifs is 1. The number of nitrogens with zero attached hydrogens (tertiary/aromatic N) is 3. The second kappa shape index (κ2) is 3.12. The van der Waals surface area contributed by atoms with Crippen LogP contribution in [0.1, 0.15) is 10.7 Å². The molecule has 0 aromatic carbocycles. The van der Waals surface area contributed by atoms with E-state index in [-0.39, 0.29) is 5.56 Å². The van der Waals surface area contributed by atoms with Crippen LogP contribution >= 0.6 is 24.0 Å². The van der Waals surface area contributed by atoms with E-state index in [1.807, 2.05) is 0 Å². The van der Waals surface area contributed by atoms with E-state index in [1.165, 1.54) is 21.9 Å². The molecule has 4 nitrogen and oxygen atoms in total. The van der Waals surface area contributed by atoms with Gasteiger partial charge in [-0.3, -0.25) is 4.79 Å². The van der Waals surface area contributed by atoms with Gasteiger partial charge in [0.1, 0.15) is 5.01 Å². The summed E-state index contributed by atoms with van der Waals surface area (Å²) in [6.45, 7) is 1.79. The van der Waals surface area contributed by atoms with Crippen LogP contribution in [-0.2, 0) is 5.75 Å². The van der Waals surface area contributed by atoms with Gasteiger partial charge in [0.2, 0.25) is 4.96 Å². The van der Waals surface area contributed by atoms with Crippen molar-refractivity contribution in [1.82, 2.24) is 14.6 Å². The van der Waals surface area contributed by atoms with Crippen LogP contribution in [0.5, 0.6) is 0 Å². The fourth-order valence-corrected chi connectivity index (χ4v) is 2.09. The first-order valence-electron chi connectivity index (χ1n) is 3.68. The third-order valence-electron chi connectivity index (χ3n) is 1.55. The maximum atomic E-state index is 11.4. The topological polar surface area (TPSA) is 47.3 Å². The lowest BCUT2D eigenvalue weighted by atomic mass is 10.5. The van der Waals surface area contributed by atoms with Gasteiger partial charge >= 0.3 is 0 Å². The molecule has 2 rings (SSSR count). The lowest BCUT2D eigenvalue weighted by molar-refractivity contribution is 0.871. The molecular weight excluding hydrogens is 206 g/mol. The van der Waals surface area contributed by atoms with E-state index < -0.39 is 0 Å². The third kappa shape index (κ3) is 1.47. The van der Waals surface area contributed by atoms with Gasteiger partial charge in [-0.25, -0.2) is 4.98 Å². The summed E-state index contributed by atoms with van der Waals surface area (Å²) in [5.41, 5.74) is 0.589. The van der Waals surface area contributed by atoms with Crippen molar-refractivity contribution in [2.45, 2.75) is 12.7 Å². The lowest BCUT2D eigenvalue weighted by Gasteiger charge is -1.89. The molecule has 68 valence electrons. The predicted octanol–water partition coefficient (Wildman–Crippen LogP) is 0.889. The quantitative estimate of drug-likeness (QED) is 0.716. The van der Waals surface area contributed by atoms with Crippen LogP contribution in [0.3, 0.4) is 0 Å². The van der Waals surface area contributed by atoms with Gasteiger partial charge in [0.05, 0.1) is 0 Å². The van der Waals surface area contributed by atoms with Crippen molar-refractivity contribution in [2.75, 3.05) is 0 Å². The molecule has 0 spiro atoms. The summed E-state index contributed by atoms with van der Waals surface area (Å²) in [6.07, 6.45) is 0. The molecule has 0 aliphatic rings. The maximum Gasteiger partial charge on any atom is 0.275 e. The standard InChI is InChI=1S/C7H7N3OS2/c1-4-2-6(11)10-7(8-4)13-5(3-12)9-10/h2,12H,3H2,1H3. The van der Waals surface area contributed by atoms with Gasteiger partial charge in [-0.05, 0) is 6.92 Å². The molecule has 2 heterocycles. The van der Waals surface area contributed by atoms with E-state index >= 15 is 0 Å². The Morgan fingerprint density at radius 3 is 3.15 bits per heavy atom. The van der Waals surface area contributed by atoms with E-state index in [9.17, 15) is 4.79 Å². The summed E-state index contributed by atoms with van der Waals surface area (Å²) in [5.74, 6) is 0.534. The molecular formula is C7H7N3OS2. The van der Waals surface area contributed by atoms with Crippen LogP contribution in [0.2, 0.25) is 0 Å². The van der Waals surface area contributed by atoms with Gasteiger partial charge in [-0.15, -0.1) is 0 Å². The minimum atomic E-state index is -0.133. The van der Waals surface area contributed by atoms with Crippen molar-refractivity contribution in [2.24, 2.45) is 0 Å². The Morgan fingerprint density at radius 2 is 2.46 bits per heavy atom. The Hall–Kier alpha value is -0.880. The van der Waals surface area contributed by atoms with Gasteiger partial charge in [0.15, 0.2) is 0 Å². The van der Waals surface area contributed by atoms with Crippen molar-refractivity contribution in [3.05, 3.63) is 27.1 Å². The number of rotatable bonds is 1. The minimum Gasteiger partial charge on any atom is -0.267 e. The molecule has 0 radical (unpaired) electrons. The fraction of sp³-hybridized carbons (Fsp3) is 0.286. The summed E-state index contributed by atoms with van der Waals surface area (Å²) >= 11 is 5.48. The summed E-state index contributed by atoms with van der Waals surface area (Å²) in [7, 11) is 0. The zero-order valence-corrected chi connectivity index (χ0v) is 8.60. The Balaban J connectivity index is 2.83. The van der Waals surface area contributed by atoms with Gasteiger partial charge in [-0.1, -0.05) is 11.3 Å². The normalized spacial score (nSPS) is 10.9. The van der Waals surface area contributed by atoms with Crippen LogP contribution in [0.15, 0.2) is 10.9 Å². The highest BCUT2D eigenvalue weighted by atomic mass is 32.1. The average Bonchev–Trinajstić information content (AvgIpc) is 2.47. The molecule has 0 saturated heterocycles. The highest BCUT2D eigenvalue weighted by molar-refractivity contribution is 7.79. The zero-order chi connectivity index (χ0) is 9.42. The molecule has 0 saturated carbocycles. The van der Waals surface area contributed by atoms with E-state index in [1.54, 1.807) is 6.92 Å². The molecule has 0 aliphatic heterocycles. The molecule has 0 atom stereocenters. The number of aryl methyl sites for hydroxylation is 1. The fourth-order valence-electron chi connectivity index (χ4n) is 1.02. The van der Waals surface area contributed by atoms with Gasteiger partial charge in [0.25, 0.3) is 5.56 Å². The van der Waals surface area contributed by atoms with Crippen molar-refractivity contribution >= 4 is 28.9 Å². The molecule has 0 fully saturated rings. The predicted molar refractivity (Wildman–Crippen MR) is 54.6 cm³/mol. The Kier molecular flexibility index (Phi) is 2.09. The maximum absolute atomic E-state index is 11.4. The van der Waals surface area contributed by atoms with Crippen LogP contribution < -0.4 is 5.56 Å². The van der Waals surface area contributed by atoms with Crippen molar-refractivity contribution in [3.8, 4) is 0 Å². The summed E-state index contributed by atoms with van der Waals surface area (Å²) in [6, 6.07) is 1.47. The molecule has 0 amide bonds. The molecule has 13 heavy (non-hydrogen) atoms. The Labute approximate surface area is 83.7 Å². The third-order valence-corrected chi connectivity index (χ3v) is 2.97. The summed E-state index contributed by atoms with van der Waals surface area (Å²) in [5, 5.41) is 4.86. The monoisotopic (exact) mass is 213 g/mol. The van der Waals surface area contributed by atoms with E-state index in [4.69, 9.17) is 0 Å². The van der Waals surface area contributed by atoms with Crippen molar-refractivity contribution in [3.63, 3.8) is 0 Å². The van der Waals surface area contributed by atoms with Crippen LogP contribution in [-0.4, -0.2) is 14.6 Å². The van der Waals surface area contributed by atoms with Gasteiger partial charge in [0, 0.05) is 17.5 Å². The number of hydrogen-bond acceptors (Lipinski definition) is 5. The summed E-state index contributed by atoms with van der Waals surface area (Å²) in [4.78, 5) is 16.2. The molecule has 0 bridgehead atoms. The van der Waals surface area contributed by atoms with Crippen molar-refractivity contribution in [1.29, 1.82) is 0 Å². The van der Waals surface area contributed by atoms with Crippen LogP contribution in [0.4, 0.5) is 0 Å². The van der Waals surface area contributed by atoms with Gasteiger partial charge < -0.3 is 0 Å². The second-order valence-electron chi connectivity index (χ2n) is 2.58. The first-order valence-corrected chi connectivity index (χ1v) is 5.13. The Bertz CT molecular complexity index is 502. The number of thiol groups is 1. The molecule has 0 unspecified atom stereocenters. The Morgan fingerprint density at radius 1 is 1.69 bits per heavy atom. The summed E-state index contributed by atoms with van der Waals surface area (Å²) < 4.78 is 1.31. The SMILES string of the molecule is Cc1cc(=O)n2nc(CS)sc2n1. The largest absolute Gasteiger partial charge is 0.275 e. The van der Waals surface area contributed by atoms with E-state index in [0.29, 0.717) is 10.7 Å². The van der Waals surface area contributed by atoms with Crippen LogP contribution in [0, 0.1) is 6.92 Å². The molecule has 2 aromatic heterocycles. The molecule has 2 aromatic rings.